The lowest BCUT2D eigenvalue weighted by Gasteiger charge is -2.04. The molecule has 0 aliphatic rings. The fourth-order valence-electron chi connectivity index (χ4n) is 0.987. The summed E-state index contributed by atoms with van der Waals surface area (Å²) in [5.41, 5.74) is 0.698. The SMILES string of the molecule is C.CCc1cccc(OC)c1F. The minimum absolute atomic E-state index is 0. The normalized spacial score (nSPS) is 8.92. The van der Waals surface area contributed by atoms with Crippen molar-refractivity contribution < 1.29 is 9.13 Å². The number of benzene rings is 1. The van der Waals surface area contributed by atoms with Crippen LogP contribution in [0, 0.1) is 5.82 Å². The first kappa shape index (κ1) is 11.0. The van der Waals surface area contributed by atoms with Crippen LogP contribution in [-0.2, 0) is 6.42 Å². The minimum atomic E-state index is -0.238. The number of aryl methyl sites for hydroxylation is 1. The third-order valence-electron chi connectivity index (χ3n) is 1.64. The van der Waals surface area contributed by atoms with Crippen LogP contribution >= 0.6 is 0 Å². The summed E-state index contributed by atoms with van der Waals surface area (Å²) in [6.07, 6.45) is 0.697. The van der Waals surface area contributed by atoms with Crippen molar-refractivity contribution in [2.75, 3.05) is 7.11 Å². The Hall–Kier alpha value is -1.05. The molecule has 2 heteroatoms. The molecule has 12 heavy (non-hydrogen) atoms. The van der Waals surface area contributed by atoms with Crippen LogP contribution in [0.15, 0.2) is 18.2 Å². The van der Waals surface area contributed by atoms with Crippen LogP contribution in [-0.4, -0.2) is 7.11 Å². The van der Waals surface area contributed by atoms with Crippen molar-refractivity contribution in [3.05, 3.63) is 29.6 Å². The van der Waals surface area contributed by atoms with Gasteiger partial charge in [-0.3, -0.25) is 0 Å². The van der Waals surface area contributed by atoms with E-state index in [1.807, 2.05) is 6.92 Å². The van der Waals surface area contributed by atoms with Crippen LogP contribution in [0.1, 0.15) is 19.9 Å². The molecule has 0 heterocycles. The van der Waals surface area contributed by atoms with Gasteiger partial charge in [0.2, 0.25) is 0 Å². The lowest BCUT2D eigenvalue weighted by Crippen LogP contribution is -1.92. The largest absolute Gasteiger partial charge is 0.494 e. The van der Waals surface area contributed by atoms with Gasteiger partial charge in [-0.25, -0.2) is 4.39 Å². The van der Waals surface area contributed by atoms with Gasteiger partial charge in [0.1, 0.15) is 0 Å². The van der Waals surface area contributed by atoms with E-state index in [9.17, 15) is 4.39 Å². The van der Waals surface area contributed by atoms with Crippen LogP contribution in [0.25, 0.3) is 0 Å². The monoisotopic (exact) mass is 170 g/mol. The zero-order valence-corrected chi connectivity index (χ0v) is 6.73. The van der Waals surface area contributed by atoms with E-state index >= 15 is 0 Å². The predicted molar refractivity (Wildman–Crippen MR) is 49.1 cm³/mol. The van der Waals surface area contributed by atoms with Crippen LogP contribution in [0.3, 0.4) is 0 Å². The van der Waals surface area contributed by atoms with E-state index in [1.54, 1.807) is 18.2 Å². The van der Waals surface area contributed by atoms with Gasteiger partial charge in [0, 0.05) is 0 Å². The quantitative estimate of drug-likeness (QED) is 0.663. The smallest absolute Gasteiger partial charge is 0.168 e. The van der Waals surface area contributed by atoms with Gasteiger partial charge in [-0.2, -0.15) is 0 Å². The van der Waals surface area contributed by atoms with Crippen molar-refractivity contribution in [1.29, 1.82) is 0 Å². The molecular weight excluding hydrogens is 155 g/mol. The molecule has 68 valence electrons. The first-order chi connectivity index (χ1) is 5.29. The fourth-order valence-corrected chi connectivity index (χ4v) is 0.987. The zero-order chi connectivity index (χ0) is 8.27. The molecule has 1 rings (SSSR count). The van der Waals surface area contributed by atoms with Crippen LogP contribution in [0.2, 0.25) is 0 Å². The van der Waals surface area contributed by atoms with Crippen LogP contribution in [0.4, 0.5) is 4.39 Å². The van der Waals surface area contributed by atoms with E-state index in [2.05, 4.69) is 0 Å². The summed E-state index contributed by atoms with van der Waals surface area (Å²) in [5, 5.41) is 0. The summed E-state index contributed by atoms with van der Waals surface area (Å²) in [6.45, 7) is 1.91. The van der Waals surface area contributed by atoms with Crippen molar-refractivity contribution in [3.63, 3.8) is 0 Å². The van der Waals surface area contributed by atoms with Crippen LogP contribution < -0.4 is 4.74 Å². The molecule has 0 fully saturated rings. The number of ether oxygens (including phenoxy) is 1. The zero-order valence-electron chi connectivity index (χ0n) is 6.73. The van der Waals surface area contributed by atoms with E-state index in [-0.39, 0.29) is 13.2 Å². The highest BCUT2D eigenvalue weighted by Crippen LogP contribution is 2.19. The lowest BCUT2D eigenvalue weighted by molar-refractivity contribution is 0.384. The maximum absolute atomic E-state index is 13.1. The molecule has 0 saturated heterocycles. The molecule has 0 amide bonds. The Morgan fingerprint density at radius 2 is 2.08 bits per heavy atom. The molecule has 0 saturated carbocycles. The summed E-state index contributed by atoms with van der Waals surface area (Å²) in [7, 11) is 1.47. The fraction of sp³-hybridized carbons (Fsp3) is 0.400. The van der Waals surface area contributed by atoms with Gasteiger partial charge >= 0.3 is 0 Å². The highest BCUT2D eigenvalue weighted by atomic mass is 19.1. The van der Waals surface area contributed by atoms with Gasteiger partial charge in [0.15, 0.2) is 11.6 Å². The maximum Gasteiger partial charge on any atom is 0.168 e. The Kier molecular flexibility index (Phi) is 4.34. The molecular formula is C10H15FO. The number of halogens is 1. The molecule has 1 aromatic carbocycles. The van der Waals surface area contributed by atoms with Gasteiger partial charge in [-0.15, -0.1) is 0 Å². The van der Waals surface area contributed by atoms with Crippen molar-refractivity contribution in [2.45, 2.75) is 20.8 Å². The Labute approximate surface area is 73.2 Å². The lowest BCUT2D eigenvalue weighted by atomic mass is 10.1. The Bertz CT molecular complexity index is 223. The Morgan fingerprint density at radius 1 is 1.42 bits per heavy atom. The second-order valence-electron chi connectivity index (χ2n) is 2.29. The molecule has 0 spiro atoms. The van der Waals surface area contributed by atoms with E-state index in [0.29, 0.717) is 17.7 Å². The second kappa shape index (κ2) is 4.75. The van der Waals surface area contributed by atoms with E-state index in [1.165, 1.54) is 7.11 Å². The van der Waals surface area contributed by atoms with Crippen molar-refractivity contribution in [3.8, 4) is 5.75 Å². The van der Waals surface area contributed by atoms with Gasteiger partial charge < -0.3 is 4.74 Å². The van der Waals surface area contributed by atoms with Crippen LogP contribution in [0.5, 0.6) is 5.75 Å². The molecule has 0 radical (unpaired) electrons. The van der Waals surface area contributed by atoms with E-state index in [4.69, 9.17) is 4.74 Å². The Morgan fingerprint density at radius 3 is 2.58 bits per heavy atom. The molecule has 0 bridgehead atoms. The highest BCUT2D eigenvalue weighted by molar-refractivity contribution is 5.30. The molecule has 0 atom stereocenters. The number of hydrogen-bond donors (Lipinski definition) is 0. The molecule has 0 unspecified atom stereocenters. The van der Waals surface area contributed by atoms with E-state index in [0.717, 1.165) is 0 Å². The molecule has 0 aliphatic heterocycles. The number of rotatable bonds is 2. The first-order valence-corrected chi connectivity index (χ1v) is 3.61. The Balaban J connectivity index is 0.00000121. The van der Waals surface area contributed by atoms with Crippen molar-refractivity contribution in [1.82, 2.24) is 0 Å². The predicted octanol–water partition coefficient (Wildman–Crippen LogP) is 3.03. The average Bonchev–Trinajstić information content (AvgIpc) is 2.05. The van der Waals surface area contributed by atoms with Crippen molar-refractivity contribution in [2.24, 2.45) is 0 Å². The molecule has 1 nitrogen and oxygen atoms in total. The molecule has 1 aromatic rings. The third-order valence-corrected chi connectivity index (χ3v) is 1.64. The van der Waals surface area contributed by atoms with E-state index < -0.39 is 0 Å². The molecule has 0 aromatic heterocycles. The first-order valence-electron chi connectivity index (χ1n) is 3.61. The maximum atomic E-state index is 13.1. The topological polar surface area (TPSA) is 9.23 Å². The molecule has 0 aliphatic carbocycles. The summed E-state index contributed by atoms with van der Waals surface area (Å²) >= 11 is 0. The van der Waals surface area contributed by atoms with Crippen molar-refractivity contribution >= 4 is 0 Å². The summed E-state index contributed by atoms with van der Waals surface area (Å²) in [5.74, 6) is 0.0850. The average molecular weight is 170 g/mol. The minimum Gasteiger partial charge on any atom is -0.494 e. The standard InChI is InChI=1S/C9H11FO.CH4/c1-3-7-5-4-6-8(11-2)9(7)10;/h4-6H,3H2,1-2H3;1H4. The van der Waals surface area contributed by atoms with Gasteiger partial charge in [-0.05, 0) is 18.1 Å². The van der Waals surface area contributed by atoms with Gasteiger partial charge in [-0.1, -0.05) is 26.5 Å². The highest BCUT2D eigenvalue weighted by Gasteiger charge is 2.04. The number of methoxy groups -OCH3 is 1. The number of hydrogen-bond acceptors (Lipinski definition) is 1. The summed E-state index contributed by atoms with van der Waals surface area (Å²) in [4.78, 5) is 0. The van der Waals surface area contributed by atoms with Gasteiger partial charge in [0.05, 0.1) is 7.11 Å². The second-order valence-corrected chi connectivity index (χ2v) is 2.29. The summed E-state index contributed by atoms with van der Waals surface area (Å²) in [6, 6.07) is 5.17. The summed E-state index contributed by atoms with van der Waals surface area (Å²) < 4.78 is 18.0. The third kappa shape index (κ3) is 1.97. The van der Waals surface area contributed by atoms with Gasteiger partial charge in [0.25, 0.3) is 0 Å². The molecule has 0 N–H and O–H groups in total.